The highest BCUT2D eigenvalue weighted by Gasteiger charge is 2.23. The number of hydrogen-bond donors (Lipinski definition) is 0. The predicted octanol–water partition coefficient (Wildman–Crippen LogP) is 5.19. The minimum atomic E-state index is -0.633. The molecular formula is C21H13IO5. The fourth-order valence-electron chi connectivity index (χ4n) is 2.72. The summed E-state index contributed by atoms with van der Waals surface area (Å²) in [7, 11) is 0. The summed E-state index contributed by atoms with van der Waals surface area (Å²) in [5.74, 6) is -0.430. The Morgan fingerprint density at radius 2 is 1.89 bits per heavy atom. The molecule has 2 aromatic carbocycles. The molecule has 6 heteroatoms. The Balaban J connectivity index is 1.91. The van der Waals surface area contributed by atoms with Crippen LogP contribution in [0.15, 0.2) is 74.5 Å². The highest BCUT2D eigenvalue weighted by Crippen LogP contribution is 2.32. The fraction of sp³-hybridized carbons (Fsp3) is 0.0476. The third-order valence-electron chi connectivity index (χ3n) is 4.04. The van der Waals surface area contributed by atoms with E-state index in [1.54, 1.807) is 48.5 Å². The average molecular weight is 472 g/mol. The van der Waals surface area contributed by atoms with Crippen LogP contribution in [0.2, 0.25) is 0 Å². The lowest BCUT2D eigenvalue weighted by molar-refractivity contribution is 0.0730. The van der Waals surface area contributed by atoms with Gasteiger partial charge in [0.25, 0.3) is 0 Å². The van der Waals surface area contributed by atoms with Crippen molar-refractivity contribution in [2.75, 3.05) is 0 Å². The van der Waals surface area contributed by atoms with E-state index in [2.05, 4.69) is 0 Å². The van der Waals surface area contributed by atoms with Gasteiger partial charge in [0.2, 0.25) is 16.9 Å². The Morgan fingerprint density at radius 1 is 1.07 bits per heavy atom. The first kappa shape index (κ1) is 17.5. The van der Waals surface area contributed by atoms with Gasteiger partial charge in [-0.15, -0.1) is 0 Å². The molecular weight excluding hydrogens is 459 g/mol. The van der Waals surface area contributed by atoms with Crippen LogP contribution in [0.25, 0.3) is 22.5 Å². The van der Waals surface area contributed by atoms with Crippen molar-refractivity contribution in [1.29, 1.82) is 0 Å². The van der Waals surface area contributed by atoms with Crippen LogP contribution in [0.4, 0.5) is 0 Å². The Kier molecular flexibility index (Phi) is 4.57. The molecule has 2 heterocycles. The van der Waals surface area contributed by atoms with E-state index in [1.165, 1.54) is 6.26 Å². The summed E-state index contributed by atoms with van der Waals surface area (Å²) in [6, 6.07) is 15.5. The van der Waals surface area contributed by atoms with Crippen LogP contribution in [0, 0.1) is 10.5 Å². The van der Waals surface area contributed by atoms with E-state index in [-0.39, 0.29) is 11.5 Å². The van der Waals surface area contributed by atoms with E-state index >= 15 is 0 Å². The zero-order valence-corrected chi connectivity index (χ0v) is 16.4. The van der Waals surface area contributed by atoms with Crippen LogP contribution >= 0.6 is 22.6 Å². The van der Waals surface area contributed by atoms with Gasteiger partial charge in [-0.1, -0.05) is 18.2 Å². The first-order valence-electron chi connectivity index (χ1n) is 8.12. The van der Waals surface area contributed by atoms with Crippen molar-refractivity contribution >= 4 is 39.5 Å². The van der Waals surface area contributed by atoms with Crippen molar-refractivity contribution in [3.63, 3.8) is 0 Å². The van der Waals surface area contributed by atoms with Crippen LogP contribution in [0.1, 0.15) is 15.9 Å². The number of hydrogen-bond acceptors (Lipinski definition) is 5. The second kappa shape index (κ2) is 7.03. The van der Waals surface area contributed by atoms with Crippen molar-refractivity contribution in [2.45, 2.75) is 6.92 Å². The van der Waals surface area contributed by atoms with Crippen LogP contribution in [0.5, 0.6) is 5.75 Å². The van der Waals surface area contributed by atoms with Gasteiger partial charge in [0.1, 0.15) is 5.58 Å². The van der Waals surface area contributed by atoms with Gasteiger partial charge >= 0.3 is 5.97 Å². The van der Waals surface area contributed by atoms with Crippen molar-refractivity contribution in [3.8, 4) is 17.3 Å². The first-order chi connectivity index (χ1) is 13.0. The largest absolute Gasteiger partial charge is 0.461 e. The third-order valence-corrected chi connectivity index (χ3v) is 4.98. The molecule has 0 bridgehead atoms. The number of fused-ring (bicyclic) bond motifs is 1. The number of benzene rings is 2. The summed E-state index contributed by atoms with van der Waals surface area (Å²) in [4.78, 5) is 25.7. The molecule has 2 aromatic heterocycles. The first-order valence-corrected chi connectivity index (χ1v) is 9.20. The number of rotatable bonds is 3. The molecule has 0 spiro atoms. The molecule has 0 N–H and O–H groups in total. The standard InChI is InChI=1S/C21H13IO5/c1-12-8-9-14-17(11-12)26-19(16-7-4-10-25-16)20(18(14)23)27-21(24)13-5-2-3-6-15(13)22/h2-11H,1H3. The number of ether oxygens (including phenoxy) is 1. The summed E-state index contributed by atoms with van der Waals surface area (Å²) in [6.07, 6.45) is 1.46. The minimum Gasteiger partial charge on any atom is -0.461 e. The molecule has 4 aromatic rings. The summed E-state index contributed by atoms with van der Waals surface area (Å²) in [5.41, 5.74) is 1.29. The normalized spacial score (nSPS) is 10.9. The van der Waals surface area contributed by atoms with E-state index in [4.69, 9.17) is 13.6 Å². The summed E-state index contributed by atoms with van der Waals surface area (Å²) < 4.78 is 17.5. The molecule has 27 heavy (non-hydrogen) atoms. The Bertz CT molecular complexity index is 1210. The van der Waals surface area contributed by atoms with Gasteiger partial charge in [-0.05, 0) is 71.5 Å². The van der Waals surface area contributed by atoms with Gasteiger partial charge < -0.3 is 13.6 Å². The molecule has 0 aliphatic heterocycles. The topological polar surface area (TPSA) is 69.7 Å². The quantitative estimate of drug-likeness (QED) is 0.304. The van der Waals surface area contributed by atoms with Gasteiger partial charge in [-0.2, -0.15) is 0 Å². The van der Waals surface area contributed by atoms with Gasteiger partial charge in [0.15, 0.2) is 5.76 Å². The van der Waals surface area contributed by atoms with Crippen LogP contribution in [-0.4, -0.2) is 5.97 Å². The van der Waals surface area contributed by atoms with Crippen molar-refractivity contribution < 1.29 is 18.4 Å². The number of furan rings is 1. The second-order valence-corrected chi connectivity index (χ2v) is 7.10. The predicted molar refractivity (Wildman–Crippen MR) is 109 cm³/mol. The average Bonchev–Trinajstić information content (AvgIpc) is 3.18. The monoisotopic (exact) mass is 472 g/mol. The summed E-state index contributed by atoms with van der Waals surface area (Å²) in [6.45, 7) is 1.90. The smallest absolute Gasteiger partial charge is 0.344 e. The molecule has 0 unspecified atom stereocenters. The number of esters is 1. The van der Waals surface area contributed by atoms with E-state index in [1.807, 2.05) is 35.6 Å². The molecule has 0 amide bonds. The SMILES string of the molecule is Cc1ccc2c(=O)c(OC(=O)c3ccccc3I)c(-c3ccco3)oc2c1. The Hall–Kier alpha value is -2.87. The van der Waals surface area contributed by atoms with E-state index in [0.717, 1.165) is 9.13 Å². The third kappa shape index (κ3) is 3.28. The molecule has 0 saturated carbocycles. The molecule has 0 fully saturated rings. The summed E-state index contributed by atoms with van der Waals surface area (Å²) in [5, 5.41) is 0.335. The molecule has 0 saturated heterocycles. The molecule has 4 rings (SSSR count). The number of carbonyl (C=O) groups is 1. The lowest BCUT2D eigenvalue weighted by Gasteiger charge is -2.10. The zero-order valence-electron chi connectivity index (χ0n) is 14.2. The van der Waals surface area contributed by atoms with E-state index in [9.17, 15) is 9.59 Å². The highest BCUT2D eigenvalue weighted by molar-refractivity contribution is 14.1. The Labute approximate surface area is 167 Å². The van der Waals surface area contributed by atoms with Crippen LogP contribution in [0.3, 0.4) is 0 Å². The van der Waals surface area contributed by atoms with Crippen LogP contribution < -0.4 is 10.2 Å². The molecule has 0 aliphatic rings. The lowest BCUT2D eigenvalue weighted by atomic mass is 10.1. The summed E-state index contributed by atoms with van der Waals surface area (Å²) >= 11 is 2.04. The maximum Gasteiger partial charge on any atom is 0.344 e. The van der Waals surface area contributed by atoms with Gasteiger partial charge in [-0.3, -0.25) is 4.79 Å². The van der Waals surface area contributed by atoms with Crippen LogP contribution in [-0.2, 0) is 0 Å². The Morgan fingerprint density at radius 3 is 2.63 bits per heavy atom. The maximum atomic E-state index is 13.0. The molecule has 0 radical (unpaired) electrons. The van der Waals surface area contributed by atoms with Gasteiger partial charge in [0.05, 0.1) is 17.2 Å². The second-order valence-electron chi connectivity index (χ2n) is 5.94. The van der Waals surface area contributed by atoms with Crippen molar-refractivity contribution in [1.82, 2.24) is 0 Å². The fourth-order valence-corrected chi connectivity index (χ4v) is 3.33. The number of carbonyl (C=O) groups excluding carboxylic acids is 1. The highest BCUT2D eigenvalue weighted by atomic mass is 127. The number of halogens is 1. The molecule has 134 valence electrons. The van der Waals surface area contributed by atoms with Gasteiger partial charge in [-0.25, -0.2) is 4.79 Å². The van der Waals surface area contributed by atoms with Gasteiger partial charge in [0, 0.05) is 3.57 Å². The van der Waals surface area contributed by atoms with Crippen molar-refractivity contribution in [3.05, 3.63) is 85.8 Å². The van der Waals surface area contributed by atoms with E-state index < -0.39 is 11.4 Å². The number of aryl methyl sites for hydroxylation is 1. The molecule has 0 aliphatic carbocycles. The zero-order chi connectivity index (χ0) is 19.0. The van der Waals surface area contributed by atoms with Crippen molar-refractivity contribution in [2.24, 2.45) is 0 Å². The molecule has 5 nitrogen and oxygen atoms in total. The maximum absolute atomic E-state index is 13.0. The molecule has 0 atom stereocenters. The minimum absolute atomic E-state index is 0.0855. The van der Waals surface area contributed by atoms with E-state index in [0.29, 0.717) is 22.3 Å². The lowest BCUT2D eigenvalue weighted by Crippen LogP contribution is -2.17.